The Bertz CT molecular complexity index is 463. The summed E-state index contributed by atoms with van der Waals surface area (Å²) in [4.78, 5) is 0. The van der Waals surface area contributed by atoms with Gasteiger partial charge in [-0.1, -0.05) is 60.7 Å². The van der Waals surface area contributed by atoms with Gasteiger partial charge in [0.1, 0.15) is 0 Å². The molecule has 0 N–H and O–H groups in total. The maximum Gasteiger partial charge on any atom is 0.339 e. The second-order valence-corrected chi connectivity index (χ2v) is 10.5. The second kappa shape index (κ2) is 8.66. The minimum absolute atomic E-state index is 1.13. The Morgan fingerprint density at radius 1 is 0.684 bits per heavy atom. The molecule has 2 aromatic rings. The van der Waals surface area contributed by atoms with E-state index >= 15 is 0 Å². The number of halogens is 3. The molecule has 0 radical (unpaired) electrons. The molecule has 102 valence electrons. The first kappa shape index (κ1) is 16.6. The van der Waals surface area contributed by atoms with Gasteiger partial charge in [0.25, 0.3) is 0 Å². The van der Waals surface area contributed by atoms with Gasteiger partial charge in [-0.2, -0.15) is 0 Å². The Balaban J connectivity index is 0.000000312. The van der Waals surface area contributed by atoms with Crippen LogP contribution in [0.3, 0.4) is 0 Å². The van der Waals surface area contributed by atoms with Crippen LogP contribution in [0.2, 0.25) is 0 Å². The maximum atomic E-state index is 9.51. The molecule has 0 aliphatic heterocycles. The lowest BCUT2D eigenvalue weighted by molar-refractivity contribution is 0.600. The Morgan fingerprint density at radius 3 is 1.21 bits per heavy atom. The van der Waals surface area contributed by atoms with Crippen molar-refractivity contribution >= 4 is 38.9 Å². The van der Waals surface area contributed by atoms with E-state index in [0.717, 1.165) is 12.8 Å². The fraction of sp³-hybridized carbons (Fsp3) is 0.143. The Kier molecular flexibility index (Phi) is 7.56. The van der Waals surface area contributed by atoms with Crippen molar-refractivity contribution in [3.05, 3.63) is 71.8 Å². The SMILES string of the molecule is O=P(Cl)(Cl)Cl.c1ccc(CCc2ccccc2)cc1. The van der Waals surface area contributed by atoms with Crippen molar-refractivity contribution in [3.8, 4) is 0 Å². The van der Waals surface area contributed by atoms with E-state index in [9.17, 15) is 4.57 Å². The molecule has 0 spiro atoms. The first-order valence-corrected chi connectivity index (χ1v) is 10.1. The topological polar surface area (TPSA) is 17.1 Å². The number of rotatable bonds is 3. The van der Waals surface area contributed by atoms with Crippen LogP contribution >= 0.6 is 38.9 Å². The lowest BCUT2D eigenvalue weighted by Gasteiger charge is -2.01. The van der Waals surface area contributed by atoms with Crippen molar-refractivity contribution in [1.29, 1.82) is 0 Å². The molecular formula is C14H14Cl3OP. The fourth-order valence-corrected chi connectivity index (χ4v) is 1.58. The van der Waals surface area contributed by atoms with Crippen LogP contribution in [-0.4, -0.2) is 0 Å². The molecule has 0 aliphatic carbocycles. The van der Waals surface area contributed by atoms with Crippen LogP contribution < -0.4 is 0 Å². The summed E-state index contributed by atoms with van der Waals surface area (Å²) in [5.41, 5.74) is 2.83. The molecular weight excluding hydrogens is 321 g/mol. The fourth-order valence-electron chi connectivity index (χ4n) is 1.58. The molecule has 0 atom stereocenters. The molecule has 2 rings (SSSR count). The van der Waals surface area contributed by atoms with Gasteiger partial charge in [0.2, 0.25) is 0 Å². The van der Waals surface area contributed by atoms with Gasteiger partial charge in [-0.05, 0) is 57.7 Å². The summed E-state index contributed by atoms with van der Waals surface area (Å²) in [7, 11) is 0. The van der Waals surface area contributed by atoms with Crippen LogP contribution in [0.25, 0.3) is 0 Å². The normalized spacial score (nSPS) is 10.5. The van der Waals surface area contributed by atoms with Crippen molar-refractivity contribution < 1.29 is 4.57 Å². The van der Waals surface area contributed by atoms with Crippen LogP contribution in [0.4, 0.5) is 0 Å². The van der Waals surface area contributed by atoms with Crippen LogP contribution in [0.5, 0.6) is 0 Å². The Labute approximate surface area is 128 Å². The number of hydrogen-bond acceptors (Lipinski definition) is 1. The van der Waals surface area contributed by atoms with Gasteiger partial charge in [-0.3, -0.25) is 4.57 Å². The standard InChI is InChI=1S/C14H14.Cl3OP/c1-3-7-13(8-4-1)11-12-14-9-5-2-6-10-14;1-5(2,3)4/h1-10H,11-12H2;. The van der Waals surface area contributed by atoms with Crippen molar-refractivity contribution in [3.63, 3.8) is 0 Å². The molecule has 0 saturated carbocycles. The van der Waals surface area contributed by atoms with E-state index in [-0.39, 0.29) is 0 Å². The van der Waals surface area contributed by atoms with Crippen molar-refractivity contribution in [2.24, 2.45) is 0 Å². The number of aryl methyl sites for hydroxylation is 2. The third-order valence-corrected chi connectivity index (χ3v) is 2.39. The van der Waals surface area contributed by atoms with Gasteiger partial charge < -0.3 is 0 Å². The van der Waals surface area contributed by atoms with Gasteiger partial charge in [0.05, 0.1) is 0 Å². The maximum absolute atomic E-state index is 9.51. The molecule has 0 aliphatic rings. The average molecular weight is 336 g/mol. The van der Waals surface area contributed by atoms with E-state index in [1.165, 1.54) is 11.1 Å². The van der Waals surface area contributed by atoms with Crippen molar-refractivity contribution in [2.75, 3.05) is 0 Å². The lowest BCUT2D eigenvalue weighted by atomic mass is 10.0. The first-order valence-electron chi connectivity index (χ1n) is 5.72. The summed E-state index contributed by atoms with van der Waals surface area (Å²) >= 11 is 13.8. The van der Waals surface area contributed by atoms with Crippen LogP contribution in [-0.2, 0) is 17.4 Å². The lowest BCUT2D eigenvalue weighted by Crippen LogP contribution is -1.89. The quantitative estimate of drug-likeness (QED) is 0.603. The molecule has 0 fully saturated rings. The highest BCUT2D eigenvalue weighted by Crippen LogP contribution is 2.61. The molecule has 19 heavy (non-hydrogen) atoms. The third kappa shape index (κ3) is 10.0. The van der Waals surface area contributed by atoms with E-state index in [4.69, 9.17) is 0 Å². The monoisotopic (exact) mass is 334 g/mol. The van der Waals surface area contributed by atoms with Crippen LogP contribution in [0.15, 0.2) is 60.7 Å². The van der Waals surface area contributed by atoms with E-state index in [0.29, 0.717) is 0 Å². The van der Waals surface area contributed by atoms with Crippen molar-refractivity contribution in [1.82, 2.24) is 0 Å². The molecule has 1 nitrogen and oxygen atoms in total. The largest absolute Gasteiger partial charge is 0.339 e. The molecule has 0 heterocycles. The van der Waals surface area contributed by atoms with Crippen LogP contribution in [0.1, 0.15) is 11.1 Å². The predicted molar refractivity (Wildman–Crippen MR) is 85.5 cm³/mol. The molecule has 0 saturated heterocycles. The average Bonchev–Trinajstić information content (AvgIpc) is 2.37. The zero-order valence-electron chi connectivity index (χ0n) is 10.2. The predicted octanol–water partition coefficient (Wildman–Crippen LogP) is 6.28. The molecule has 0 unspecified atom stereocenters. The van der Waals surface area contributed by atoms with Gasteiger partial charge >= 0.3 is 5.20 Å². The van der Waals surface area contributed by atoms with Gasteiger partial charge in [-0.15, -0.1) is 0 Å². The summed E-state index contributed by atoms with van der Waals surface area (Å²) in [5, 5.41) is -3.22. The molecule has 0 bridgehead atoms. The van der Waals surface area contributed by atoms with E-state index in [1.54, 1.807) is 0 Å². The molecule has 2 aromatic carbocycles. The van der Waals surface area contributed by atoms with Gasteiger partial charge in [0, 0.05) is 0 Å². The molecule has 5 heteroatoms. The smallest absolute Gasteiger partial charge is 0.271 e. The molecule has 0 aromatic heterocycles. The first-order chi connectivity index (χ1) is 8.95. The van der Waals surface area contributed by atoms with Gasteiger partial charge in [0.15, 0.2) is 0 Å². The summed E-state index contributed by atoms with van der Waals surface area (Å²) in [5.74, 6) is 0. The molecule has 0 amide bonds. The minimum Gasteiger partial charge on any atom is -0.271 e. The minimum atomic E-state index is -3.22. The zero-order chi connectivity index (χ0) is 14.1. The van der Waals surface area contributed by atoms with Crippen LogP contribution in [0, 0.1) is 0 Å². The summed E-state index contributed by atoms with van der Waals surface area (Å²) in [6, 6.07) is 21.2. The van der Waals surface area contributed by atoms with E-state index in [2.05, 4.69) is 94.4 Å². The van der Waals surface area contributed by atoms with E-state index < -0.39 is 5.20 Å². The summed E-state index contributed by atoms with van der Waals surface area (Å²) in [6.07, 6.45) is 2.26. The Hall–Kier alpha value is -0.460. The zero-order valence-corrected chi connectivity index (χ0v) is 13.3. The highest BCUT2D eigenvalue weighted by atomic mass is 36.0. The van der Waals surface area contributed by atoms with Gasteiger partial charge in [-0.25, -0.2) is 0 Å². The number of benzene rings is 2. The third-order valence-electron chi connectivity index (χ3n) is 2.39. The highest BCUT2D eigenvalue weighted by Gasteiger charge is 2.03. The van der Waals surface area contributed by atoms with Crippen molar-refractivity contribution in [2.45, 2.75) is 12.8 Å². The second-order valence-electron chi connectivity index (χ2n) is 3.87. The number of hydrogen-bond donors (Lipinski definition) is 0. The summed E-state index contributed by atoms with van der Waals surface area (Å²) in [6.45, 7) is 0. The highest BCUT2D eigenvalue weighted by molar-refractivity contribution is 8.24. The Morgan fingerprint density at radius 2 is 0.947 bits per heavy atom. The summed E-state index contributed by atoms with van der Waals surface area (Å²) < 4.78 is 9.51. The van der Waals surface area contributed by atoms with E-state index in [1.807, 2.05) is 0 Å².